The predicted molar refractivity (Wildman–Crippen MR) is 356 cm³/mol. The Kier molecular flexibility index (Phi) is 10.9. The maximum Gasteiger partial charge on any atom is 0.160 e. The molecular weight excluding hydrogens is 1040 g/mol. The van der Waals surface area contributed by atoms with Crippen molar-refractivity contribution >= 4 is 43.6 Å². The van der Waals surface area contributed by atoms with E-state index in [9.17, 15) is 0 Å². The number of nitrogens with zero attached hydrogens (tertiary/aromatic N) is 5. The van der Waals surface area contributed by atoms with Crippen molar-refractivity contribution in [1.82, 2.24) is 24.1 Å². The van der Waals surface area contributed by atoms with E-state index in [4.69, 9.17) is 15.0 Å². The zero-order chi connectivity index (χ0) is 57.4. The van der Waals surface area contributed by atoms with Crippen molar-refractivity contribution in [3.63, 3.8) is 0 Å². The molecule has 2 aliphatic rings. The number of fused-ring (bicyclic) bond motifs is 12. The van der Waals surface area contributed by atoms with Gasteiger partial charge in [-0.15, -0.1) is 0 Å². The Bertz CT molecular complexity index is 5150. The summed E-state index contributed by atoms with van der Waals surface area (Å²) < 4.78 is 4.97. The van der Waals surface area contributed by atoms with E-state index in [1.54, 1.807) is 0 Å². The Morgan fingerprint density at radius 2 is 0.640 bits per heavy atom. The van der Waals surface area contributed by atoms with Gasteiger partial charge in [0.25, 0.3) is 0 Å². The molecule has 0 fully saturated rings. The van der Waals surface area contributed by atoms with Crippen molar-refractivity contribution < 1.29 is 0 Å². The lowest BCUT2D eigenvalue weighted by Crippen LogP contribution is -2.15. The largest absolute Gasteiger partial charge is 0.309 e. The molecule has 406 valence electrons. The van der Waals surface area contributed by atoms with Gasteiger partial charge in [-0.25, -0.2) is 15.0 Å². The third kappa shape index (κ3) is 7.67. The van der Waals surface area contributed by atoms with Gasteiger partial charge in [0.1, 0.15) is 0 Å². The van der Waals surface area contributed by atoms with Gasteiger partial charge in [-0.2, -0.15) is 0 Å². The van der Waals surface area contributed by atoms with Crippen LogP contribution in [0.2, 0.25) is 0 Å². The minimum Gasteiger partial charge on any atom is -0.309 e. The van der Waals surface area contributed by atoms with Crippen molar-refractivity contribution in [2.24, 2.45) is 0 Å². The van der Waals surface area contributed by atoms with Gasteiger partial charge in [0.05, 0.1) is 50.5 Å². The van der Waals surface area contributed by atoms with Crippen molar-refractivity contribution in [2.45, 2.75) is 38.5 Å². The molecule has 86 heavy (non-hydrogen) atoms. The van der Waals surface area contributed by atoms with Gasteiger partial charge in [-0.1, -0.05) is 222 Å². The molecule has 0 bridgehead atoms. The van der Waals surface area contributed by atoms with Crippen molar-refractivity contribution in [3.05, 3.63) is 295 Å². The molecule has 5 heteroatoms. The summed E-state index contributed by atoms with van der Waals surface area (Å²) in [5.74, 6) is 0.696. The smallest absolute Gasteiger partial charge is 0.160 e. The van der Waals surface area contributed by atoms with Crippen LogP contribution in [-0.2, 0) is 10.8 Å². The molecular formula is C81H57N5. The highest BCUT2D eigenvalue weighted by Crippen LogP contribution is 2.53. The van der Waals surface area contributed by atoms with Crippen LogP contribution in [0.25, 0.3) is 145 Å². The second-order valence-corrected chi connectivity index (χ2v) is 24.4. The van der Waals surface area contributed by atoms with Gasteiger partial charge < -0.3 is 9.13 Å². The molecule has 0 spiro atoms. The van der Waals surface area contributed by atoms with Crippen LogP contribution in [0.3, 0.4) is 0 Å². The molecule has 17 rings (SSSR count). The highest BCUT2D eigenvalue weighted by molar-refractivity contribution is 6.15. The van der Waals surface area contributed by atoms with Crippen LogP contribution < -0.4 is 0 Å². The quantitative estimate of drug-likeness (QED) is 0.152. The summed E-state index contributed by atoms with van der Waals surface area (Å²) in [5.41, 5.74) is 28.1. The molecule has 0 atom stereocenters. The van der Waals surface area contributed by atoms with Gasteiger partial charge in [0.15, 0.2) is 5.82 Å². The molecule has 0 radical (unpaired) electrons. The average molecular weight is 1100 g/mol. The Morgan fingerprint density at radius 3 is 1.13 bits per heavy atom. The van der Waals surface area contributed by atoms with E-state index in [2.05, 4.69) is 286 Å². The molecule has 4 aromatic heterocycles. The van der Waals surface area contributed by atoms with Crippen molar-refractivity contribution in [2.75, 3.05) is 0 Å². The summed E-state index contributed by atoms with van der Waals surface area (Å²) in [4.78, 5) is 15.7. The summed E-state index contributed by atoms with van der Waals surface area (Å²) in [5, 5.41) is 4.84. The first-order valence-electron chi connectivity index (χ1n) is 29.8. The topological polar surface area (TPSA) is 48.5 Å². The van der Waals surface area contributed by atoms with Crippen LogP contribution in [0.1, 0.15) is 49.9 Å². The molecule has 4 heterocycles. The van der Waals surface area contributed by atoms with Gasteiger partial charge in [-0.3, -0.25) is 0 Å². The molecule has 11 aromatic carbocycles. The van der Waals surface area contributed by atoms with E-state index in [0.717, 1.165) is 84.1 Å². The monoisotopic (exact) mass is 1100 g/mol. The van der Waals surface area contributed by atoms with E-state index in [1.165, 1.54) is 77.1 Å². The Morgan fingerprint density at radius 1 is 0.244 bits per heavy atom. The van der Waals surface area contributed by atoms with E-state index in [1.807, 2.05) is 24.3 Å². The van der Waals surface area contributed by atoms with Gasteiger partial charge in [0.2, 0.25) is 0 Å². The first-order valence-corrected chi connectivity index (χ1v) is 29.8. The fraction of sp³-hybridized carbons (Fsp3) is 0.0741. The Balaban J connectivity index is 0.879. The molecule has 0 aliphatic heterocycles. The molecule has 0 amide bonds. The Labute approximate surface area is 499 Å². The average Bonchev–Trinajstić information content (AvgIpc) is 1.62. The van der Waals surface area contributed by atoms with E-state index < -0.39 is 0 Å². The fourth-order valence-electron chi connectivity index (χ4n) is 14.4. The lowest BCUT2D eigenvalue weighted by Gasteiger charge is -2.21. The van der Waals surface area contributed by atoms with E-state index in [-0.39, 0.29) is 10.8 Å². The van der Waals surface area contributed by atoms with Crippen LogP contribution in [0.4, 0.5) is 0 Å². The van der Waals surface area contributed by atoms with Crippen LogP contribution >= 0.6 is 0 Å². The summed E-state index contributed by atoms with van der Waals surface area (Å²) in [6.45, 7) is 9.50. The van der Waals surface area contributed by atoms with E-state index in [0.29, 0.717) is 5.82 Å². The molecule has 15 aromatic rings. The van der Waals surface area contributed by atoms with Gasteiger partial charge in [0, 0.05) is 65.9 Å². The third-order valence-electron chi connectivity index (χ3n) is 18.7. The minimum atomic E-state index is -0.188. The third-order valence-corrected chi connectivity index (χ3v) is 18.7. The first-order chi connectivity index (χ1) is 42.1. The van der Waals surface area contributed by atoms with Gasteiger partial charge in [-0.05, 0) is 134 Å². The molecule has 2 aliphatic carbocycles. The van der Waals surface area contributed by atoms with Gasteiger partial charge >= 0.3 is 0 Å². The van der Waals surface area contributed by atoms with Crippen LogP contribution in [0.5, 0.6) is 0 Å². The normalized spacial score (nSPS) is 13.5. The number of aromatic nitrogens is 5. The minimum absolute atomic E-state index is 0.184. The first kappa shape index (κ1) is 49.8. The number of pyridine rings is 1. The lowest BCUT2D eigenvalue weighted by molar-refractivity contribution is 0.661. The zero-order valence-electron chi connectivity index (χ0n) is 48.2. The van der Waals surface area contributed by atoms with Crippen LogP contribution in [0.15, 0.2) is 273 Å². The summed E-state index contributed by atoms with van der Waals surface area (Å²) in [6, 6.07) is 99.6. The highest BCUT2D eigenvalue weighted by atomic mass is 15.0. The second-order valence-electron chi connectivity index (χ2n) is 24.4. The highest BCUT2D eigenvalue weighted by Gasteiger charge is 2.38. The molecule has 0 saturated carbocycles. The second kappa shape index (κ2) is 18.9. The maximum absolute atomic E-state index is 5.34. The van der Waals surface area contributed by atoms with Crippen LogP contribution in [-0.4, -0.2) is 24.1 Å². The standard InChI is InChI=1S/C81H57N5/c1-80(2)67-34-19-17-32-59(67)61-45-65-63-41-54(36-38-75(63)85(77(65)47-69(61)80)57-31-21-30-56(40-57)74-49-73(52-26-13-7-14-27-52)83-79(84-74)53-28-15-8-16-29-53)55-37-39-76-64(42-55)66-46-62-60-33-18-20-35-68(60)81(3,4)70(62)48-78(66)86(76)58-43-71(50-22-9-5-10-23-50)82-72(44-58)51-24-11-6-12-25-51/h5-49H,1-4H3. The van der Waals surface area contributed by atoms with Crippen molar-refractivity contribution in [3.8, 4) is 101 Å². The fourth-order valence-corrected chi connectivity index (χ4v) is 14.4. The van der Waals surface area contributed by atoms with Crippen molar-refractivity contribution in [1.29, 1.82) is 0 Å². The lowest BCUT2D eigenvalue weighted by atomic mass is 9.82. The predicted octanol–water partition coefficient (Wildman–Crippen LogP) is 20.7. The van der Waals surface area contributed by atoms with E-state index >= 15 is 0 Å². The molecule has 0 N–H and O–H groups in total. The van der Waals surface area contributed by atoms with Crippen LogP contribution in [0, 0.1) is 0 Å². The number of hydrogen-bond acceptors (Lipinski definition) is 3. The summed E-state index contributed by atoms with van der Waals surface area (Å²) in [7, 11) is 0. The summed E-state index contributed by atoms with van der Waals surface area (Å²) in [6.07, 6.45) is 0. The number of hydrogen-bond donors (Lipinski definition) is 0. The maximum atomic E-state index is 5.34. The zero-order valence-corrected chi connectivity index (χ0v) is 48.2. The Hall–Kier alpha value is -10.8. The molecule has 0 unspecified atom stereocenters. The molecule has 5 nitrogen and oxygen atoms in total. The summed E-state index contributed by atoms with van der Waals surface area (Å²) >= 11 is 0. The number of benzene rings is 11. The number of rotatable bonds is 8. The molecule has 0 saturated heterocycles. The SMILES string of the molecule is CC1(C)c2ccccc2-c2cc3c4cc(-c5ccc6c(c5)c5cc7c(cc5n6-c5cc(-c6ccccc6)nc(-c6ccccc6)c5)C(C)(C)c5ccccc5-7)ccc4n(-c4cccc(-c5cc(-c6ccccc6)nc(-c6ccccc6)n5)c4)c3cc21.